The van der Waals surface area contributed by atoms with E-state index in [9.17, 15) is 26.3 Å². The van der Waals surface area contributed by atoms with Crippen molar-refractivity contribution in [3.8, 4) is 6.07 Å². The van der Waals surface area contributed by atoms with Gasteiger partial charge in [-0.25, -0.2) is 0 Å². The molecule has 0 atom stereocenters. The Morgan fingerprint density at radius 3 is 1.94 bits per heavy atom. The van der Waals surface area contributed by atoms with Crippen molar-refractivity contribution >= 4 is 0 Å². The van der Waals surface area contributed by atoms with Gasteiger partial charge >= 0.3 is 12.4 Å². The molecule has 98 valence electrons. The lowest BCUT2D eigenvalue weighted by atomic mass is 9.98. The third-order valence-corrected chi connectivity index (χ3v) is 2.13. The molecule has 1 aromatic carbocycles. The summed E-state index contributed by atoms with van der Waals surface area (Å²) in [7, 11) is 0. The van der Waals surface area contributed by atoms with Crippen molar-refractivity contribution < 1.29 is 31.4 Å². The molecular weight excluding hydrogens is 264 g/mol. The van der Waals surface area contributed by atoms with E-state index in [4.69, 9.17) is 10.4 Å². The second kappa shape index (κ2) is 4.49. The van der Waals surface area contributed by atoms with Crippen molar-refractivity contribution in [2.45, 2.75) is 19.0 Å². The van der Waals surface area contributed by atoms with Crippen molar-refractivity contribution in [2.75, 3.05) is 0 Å². The van der Waals surface area contributed by atoms with E-state index in [2.05, 4.69) is 0 Å². The quantitative estimate of drug-likeness (QED) is 0.796. The van der Waals surface area contributed by atoms with Gasteiger partial charge in [0.1, 0.15) is 6.07 Å². The van der Waals surface area contributed by atoms with Crippen LogP contribution >= 0.6 is 0 Å². The van der Waals surface area contributed by atoms with Crippen molar-refractivity contribution in [3.63, 3.8) is 0 Å². The van der Waals surface area contributed by atoms with Crippen LogP contribution in [0.3, 0.4) is 0 Å². The molecule has 1 N–H and O–H groups in total. The van der Waals surface area contributed by atoms with Crippen molar-refractivity contribution in [2.24, 2.45) is 0 Å². The van der Waals surface area contributed by atoms with Crippen LogP contribution in [-0.4, -0.2) is 5.11 Å². The Bertz CT molecular complexity index is 497. The zero-order valence-corrected chi connectivity index (χ0v) is 8.52. The van der Waals surface area contributed by atoms with Crippen LogP contribution in [0.1, 0.15) is 22.3 Å². The van der Waals surface area contributed by atoms with Gasteiger partial charge in [-0.3, -0.25) is 0 Å². The van der Waals surface area contributed by atoms with Crippen molar-refractivity contribution in [3.05, 3.63) is 34.4 Å². The van der Waals surface area contributed by atoms with Crippen LogP contribution in [0.5, 0.6) is 0 Å². The molecule has 0 fully saturated rings. The number of aliphatic hydroxyl groups excluding tert-OH is 1. The molecule has 0 aliphatic rings. The Morgan fingerprint density at radius 1 is 1.06 bits per heavy atom. The maximum absolute atomic E-state index is 12.5. The van der Waals surface area contributed by atoms with Crippen LogP contribution < -0.4 is 0 Å². The Morgan fingerprint density at radius 2 is 1.61 bits per heavy atom. The maximum atomic E-state index is 12.5. The molecule has 0 aromatic heterocycles. The minimum atomic E-state index is -5.10. The first-order chi connectivity index (χ1) is 8.11. The van der Waals surface area contributed by atoms with E-state index < -0.39 is 41.2 Å². The summed E-state index contributed by atoms with van der Waals surface area (Å²) in [5.74, 6) is 0. The highest BCUT2D eigenvalue weighted by Crippen LogP contribution is 2.38. The first-order valence-electron chi connectivity index (χ1n) is 4.43. The monoisotopic (exact) mass is 269 g/mol. The van der Waals surface area contributed by atoms with Crippen molar-refractivity contribution in [1.29, 1.82) is 5.26 Å². The summed E-state index contributed by atoms with van der Waals surface area (Å²) < 4.78 is 74.7. The fraction of sp³-hybridized carbons (Fsp3) is 0.300. The lowest BCUT2D eigenvalue weighted by Gasteiger charge is -2.15. The Kier molecular flexibility index (Phi) is 3.57. The molecule has 0 heterocycles. The van der Waals surface area contributed by atoms with E-state index in [0.717, 1.165) is 6.07 Å². The summed E-state index contributed by atoms with van der Waals surface area (Å²) in [4.78, 5) is 0. The molecule has 1 aromatic rings. The maximum Gasteiger partial charge on any atom is 0.417 e. The molecule has 0 amide bonds. The van der Waals surface area contributed by atoms with Gasteiger partial charge in [0.25, 0.3) is 0 Å². The van der Waals surface area contributed by atoms with E-state index in [1.54, 1.807) is 0 Å². The molecule has 8 heteroatoms. The Hall–Kier alpha value is -1.75. The van der Waals surface area contributed by atoms with Crippen LogP contribution in [0, 0.1) is 11.3 Å². The largest absolute Gasteiger partial charge is 0.417 e. The van der Waals surface area contributed by atoms with Gasteiger partial charge in [-0.1, -0.05) is 0 Å². The highest BCUT2D eigenvalue weighted by molar-refractivity contribution is 5.48. The van der Waals surface area contributed by atoms with E-state index in [1.807, 2.05) is 0 Å². The summed E-state index contributed by atoms with van der Waals surface area (Å²) in [6.45, 7) is -1.09. The van der Waals surface area contributed by atoms with Crippen LogP contribution in [0.15, 0.2) is 12.1 Å². The zero-order valence-electron chi connectivity index (χ0n) is 8.52. The average Bonchev–Trinajstić information content (AvgIpc) is 2.24. The molecule has 0 aliphatic heterocycles. The smallest absolute Gasteiger partial charge is 0.392 e. The molecule has 18 heavy (non-hydrogen) atoms. The molecule has 0 aliphatic carbocycles. The molecule has 0 bridgehead atoms. The van der Waals surface area contributed by atoms with Crippen LogP contribution in [0.25, 0.3) is 0 Å². The van der Waals surface area contributed by atoms with Gasteiger partial charge in [0.2, 0.25) is 0 Å². The predicted molar refractivity (Wildman–Crippen MR) is 47.1 cm³/mol. The van der Waals surface area contributed by atoms with E-state index in [-0.39, 0.29) is 6.07 Å². The third kappa shape index (κ3) is 2.73. The summed E-state index contributed by atoms with van der Waals surface area (Å²) in [5, 5.41) is 17.3. The van der Waals surface area contributed by atoms with Gasteiger partial charge < -0.3 is 5.11 Å². The lowest BCUT2D eigenvalue weighted by Crippen LogP contribution is -2.14. The second-order valence-corrected chi connectivity index (χ2v) is 3.32. The number of nitrogens with zero attached hydrogens (tertiary/aromatic N) is 1. The zero-order chi connectivity index (χ0) is 14.1. The molecule has 0 unspecified atom stereocenters. The van der Waals surface area contributed by atoms with Crippen molar-refractivity contribution in [1.82, 2.24) is 0 Å². The average molecular weight is 269 g/mol. The highest BCUT2D eigenvalue weighted by Gasteiger charge is 2.39. The number of nitriles is 1. The second-order valence-electron chi connectivity index (χ2n) is 3.32. The first kappa shape index (κ1) is 14.3. The number of rotatable bonds is 1. The molecule has 0 saturated heterocycles. The number of hydrogen-bond donors (Lipinski definition) is 1. The lowest BCUT2D eigenvalue weighted by molar-refractivity contribution is -0.143. The SMILES string of the molecule is N#Cc1c(CO)cc(C(F)(F)F)cc1C(F)(F)F. The summed E-state index contributed by atoms with van der Waals surface area (Å²) in [6, 6.07) is 1.34. The predicted octanol–water partition coefficient (Wildman–Crippen LogP) is 3.09. The third-order valence-electron chi connectivity index (χ3n) is 2.13. The topological polar surface area (TPSA) is 44.0 Å². The van der Waals surface area contributed by atoms with E-state index in [0.29, 0.717) is 6.07 Å². The molecule has 0 radical (unpaired) electrons. The van der Waals surface area contributed by atoms with Gasteiger partial charge in [-0.2, -0.15) is 31.6 Å². The van der Waals surface area contributed by atoms with Gasteiger partial charge in [-0.15, -0.1) is 0 Å². The highest BCUT2D eigenvalue weighted by atomic mass is 19.4. The molecule has 2 nitrogen and oxygen atoms in total. The van der Waals surface area contributed by atoms with Crippen LogP contribution in [0.2, 0.25) is 0 Å². The minimum absolute atomic E-state index is 0.141. The fourth-order valence-corrected chi connectivity index (χ4v) is 1.35. The summed E-state index contributed by atoms with van der Waals surface area (Å²) in [6.07, 6.45) is -10.1. The normalized spacial score (nSPS) is 12.3. The molecule has 0 spiro atoms. The van der Waals surface area contributed by atoms with Gasteiger partial charge in [-0.05, 0) is 17.7 Å². The fourth-order valence-electron chi connectivity index (χ4n) is 1.35. The van der Waals surface area contributed by atoms with Gasteiger partial charge in [0.15, 0.2) is 0 Å². The Balaban J connectivity index is 3.63. The van der Waals surface area contributed by atoms with Gasteiger partial charge in [0.05, 0.1) is 23.3 Å². The number of benzene rings is 1. The Labute approximate surface area is 97.1 Å². The van der Waals surface area contributed by atoms with Crippen LogP contribution in [0.4, 0.5) is 26.3 Å². The van der Waals surface area contributed by atoms with Crippen LogP contribution in [-0.2, 0) is 19.0 Å². The molecular formula is C10H5F6NO. The standard InChI is InChI=1S/C10H5F6NO/c11-9(12,13)6-1-5(4-18)7(3-17)8(2-6)10(14,15)16/h1-2,18H,4H2. The first-order valence-corrected chi connectivity index (χ1v) is 4.43. The molecule has 1 rings (SSSR count). The summed E-state index contributed by atoms with van der Waals surface area (Å²) in [5.41, 5.74) is -4.97. The number of halogens is 6. The van der Waals surface area contributed by atoms with E-state index >= 15 is 0 Å². The van der Waals surface area contributed by atoms with E-state index in [1.165, 1.54) is 0 Å². The minimum Gasteiger partial charge on any atom is -0.392 e. The number of aliphatic hydroxyl groups is 1. The van der Waals surface area contributed by atoms with Gasteiger partial charge in [0, 0.05) is 0 Å². The number of hydrogen-bond acceptors (Lipinski definition) is 2. The molecule has 0 saturated carbocycles. The summed E-state index contributed by atoms with van der Waals surface area (Å²) >= 11 is 0. The number of alkyl halides is 6.